The highest BCUT2D eigenvalue weighted by Gasteiger charge is 2.55. The molecule has 3 aromatic rings. The van der Waals surface area contributed by atoms with Gasteiger partial charge in [0.2, 0.25) is 23.6 Å². The molecule has 6 aliphatic rings. The standard InChI is InChI=1S/C58H68N6O17/c1-29(2)23-36(62-55(75)37(24-32-13-8-6-9-14-32)61-40(66)17-10-7-11-20-64-42(68)18-19-43(64)69)54(74)59-28-41(67)60-35-16-12-15-33-45(35)51(72)48-47(49(33)70)50(71)34-26-58(76,31(4)65)27-39(46(34)52(48)73)80-44-25-38-53(30(3)79-44)81-56-57(77-5)78-22-21-63(38)56/h6,8-9,12-16,18-19,29-30,36-39,44,53,56-57,71,73,76H,7,10-11,17,20-28H2,1-5H3,(H,59,74)(H,60,67)(H,61,66)(H,62,75)/t30-,36-,37-,38-,39-,44-,53+,56+,57-,58-/m0/s1. The number of ketones is 3. The van der Waals surface area contributed by atoms with Gasteiger partial charge in [0.1, 0.15) is 35.3 Å². The largest absolute Gasteiger partial charge is 0.507 e. The number of nitrogens with one attached hydrogen (secondary N) is 4. The number of benzene rings is 3. The Morgan fingerprint density at radius 2 is 1.57 bits per heavy atom. The molecule has 0 bridgehead atoms. The van der Waals surface area contributed by atoms with Crippen LogP contribution in [0.3, 0.4) is 0 Å². The number of phenols is 2. The van der Waals surface area contributed by atoms with Crippen LogP contribution < -0.4 is 21.3 Å². The van der Waals surface area contributed by atoms with Crippen molar-refractivity contribution in [2.45, 2.75) is 146 Å². The molecule has 23 heteroatoms. The Morgan fingerprint density at radius 1 is 0.840 bits per heavy atom. The number of aromatic hydroxyl groups is 2. The van der Waals surface area contributed by atoms with Gasteiger partial charge in [-0.15, -0.1) is 0 Å². The third-order valence-electron chi connectivity index (χ3n) is 15.8. The van der Waals surface area contributed by atoms with E-state index in [0.717, 1.165) is 10.5 Å². The average Bonchev–Trinajstić information content (AvgIpc) is 3.27. The van der Waals surface area contributed by atoms with E-state index in [1.54, 1.807) is 37.3 Å². The van der Waals surface area contributed by atoms with Crippen molar-refractivity contribution >= 4 is 58.5 Å². The molecule has 0 aromatic heterocycles. The number of fused-ring (bicyclic) bond motifs is 6. The van der Waals surface area contributed by atoms with Crippen LogP contribution in [0, 0.1) is 5.92 Å². The van der Waals surface area contributed by atoms with Gasteiger partial charge < -0.3 is 60.3 Å². The van der Waals surface area contributed by atoms with Gasteiger partial charge in [-0.2, -0.15) is 0 Å². The molecule has 4 aliphatic heterocycles. The highest BCUT2D eigenvalue weighted by atomic mass is 16.7. The first kappa shape index (κ1) is 58.4. The van der Waals surface area contributed by atoms with Crippen LogP contribution in [0.15, 0.2) is 60.7 Å². The molecule has 0 unspecified atom stereocenters. The number of morpholine rings is 1. The Labute approximate surface area is 467 Å². The Hall–Kier alpha value is -7.25. The van der Waals surface area contributed by atoms with Crippen molar-refractivity contribution in [3.8, 4) is 11.5 Å². The van der Waals surface area contributed by atoms with Crippen molar-refractivity contribution < 1.29 is 82.2 Å². The van der Waals surface area contributed by atoms with Gasteiger partial charge in [0.25, 0.3) is 11.8 Å². The predicted octanol–water partition coefficient (Wildman–Crippen LogP) is 2.53. The summed E-state index contributed by atoms with van der Waals surface area (Å²) in [4.78, 5) is 124. The third-order valence-corrected chi connectivity index (χ3v) is 15.8. The second kappa shape index (κ2) is 24.5. The molecule has 0 radical (unpaired) electrons. The predicted molar refractivity (Wildman–Crippen MR) is 285 cm³/mol. The number of unbranched alkanes of at least 4 members (excludes halogenated alkanes) is 2. The first-order valence-corrected chi connectivity index (χ1v) is 27.4. The lowest BCUT2D eigenvalue weighted by Gasteiger charge is -2.43. The number of Topliss-reactive ketones (excluding diaryl/α,β-unsaturated/α-hetero) is 1. The molecule has 0 spiro atoms. The van der Waals surface area contributed by atoms with Crippen LogP contribution in [0.2, 0.25) is 0 Å². The fraction of sp³-hybridized carbons (Fsp3) is 0.500. The maximum Gasteiger partial charge on any atom is 0.253 e. The minimum absolute atomic E-state index is 0.0512. The highest BCUT2D eigenvalue weighted by molar-refractivity contribution is 6.32. The molecule has 6 amide bonds. The first-order valence-electron chi connectivity index (χ1n) is 27.4. The smallest absolute Gasteiger partial charge is 0.253 e. The number of hydrogen-bond donors (Lipinski definition) is 7. The lowest BCUT2D eigenvalue weighted by molar-refractivity contribution is -0.256. The number of rotatable bonds is 21. The highest BCUT2D eigenvalue weighted by Crippen LogP contribution is 2.53. The molecule has 7 N–H and O–H groups in total. The summed E-state index contributed by atoms with van der Waals surface area (Å²) in [5, 5.41) is 46.7. The van der Waals surface area contributed by atoms with E-state index in [4.69, 9.17) is 23.7 Å². The number of carbonyl (C=O) groups is 9. The van der Waals surface area contributed by atoms with E-state index < -0.39 is 138 Å². The van der Waals surface area contributed by atoms with Gasteiger partial charge >= 0.3 is 0 Å². The summed E-state index contributed by atoms with van der Waals surface area (Å²) in [7, 11) is 1.52. The molecule has 81 heavy (non-hydrogen) atoms. The number of anilines is 1. The Kier molecular flexibility index (Phi) is 17.6. The summed E-state index contributed by atoms with van der Waals surface area (Å²) in [6, 6.07) is 10.5. The Balaban J connectivity index is 0.883. The van der Waals surface area contributed by atoms with Crippen molar-refractivity contribution in [1.82, 2.24) is 25.8 Å². The summed E-state index contributed by atoms with van der Waals surface area (Å²) in [6.07, 6.45) is -1.07. The molecular weight excluding hydrogens is 1050 g/mol. The fourth-order valence-electron chi connectivity index (χ4n) is 11.7. The van der Waals surface area contributed by atoms with Crippen molar-refractivity contribution in [2.24, 2.45) is 5.92 Å². The molecule has 3 aromatic carbocycles. The van der Waals surface area contributed by atoms with Crippen LogP contribution in [0.1, 0.15) is 127 Å². The summed E-state index contributed by atoms with van der Waals surface area (Å²) in [5.41, 5.74) is -3.61. The van der Waals surface area contributed by atoms with E-state index in [9.17, 15) is 58.5 Å². The van der Waals surface area contributed by atoms with Crippen LogP contribution in [-0.2, 0) is 70.1 Å². The van der Waals surface area contributed by atoms with Gasteiger partial charge in [0.15, 0.2) is 36.2 Å². The first-order chi connectivity index (χ1) is 38.7. The zero-order chi connectivity index (χ0) is 58.0. The Bertz CT molecular complexity index is 3020. The van der Waals surface area contributed by atoms with Crippen LogP contribution in [-0.4, -0.2) is 166 Å². The van der Waals surface area contributed by atoms with Crippen molar-refractivity contribution in [3.63, 3.8) is 0 Å². The quantitative estimate of drug-likeness (QED) is 0.0358. The van der Waals surface area contributed by atoms with Crippen molar-refractivity contribution in [1.29, 1.82) is 0 Å². The van der Waals surface area contributed by atoms with Crippen LogP contribution in [0.4, 0.5) is 5.69 Å². The van der Waals surface area contributed by atoms with Gasteiger partial charge in [0, 0.05) is 87.2 Å². The summed E-state index contributed by atoms with van der Waals surface area (Å²) in [6.45, 7) is 7.09. The maximum absolute atomic E-state index is 14.8. The number of methoxy groups -OCH3 is 1. The van der Waals surface area contributed by atoms with E-state index in [1.807, 2.05) is 13.8 Å². The topological polar surface area (TPSA) is 315 Å². The van der Waals surface area contributed by atoms with E-state index in [0.29, 0.717) is 32.4 Å². The van der Waals surface area contributed by atoms with Gasteiger partial charge in [-0.05, 0) is 50.7 Å². The number of hydrogen-bond acceptors (Lipinski definition) is 18. The number of aliphatic hydroxyl groups is 1. The molecule has 10 atom stereocenters. The molecular formula is C58H68N6O17. The van der Waals surface area contributed by atoms with Gasteiger partial charge in [-0.1, -0.05) is 62.7 Å². The Morgan fingerprint density at radius 3 is 2.27 bits per heavy atom. The molecule has 4 heterocycles. The molecule has 432 valence electrons. The van der Waals surface area contributed by atoms with Crippen LogP contribution in [0.25, 0.3) is 0 Å². The van der Waals surface area contributed by atoms with Gasteiger partial charge in [-0.3, -0.25) is 53.0 Å². The number of phenolic OH excluding ortho intramolecular Hbond substituents is 2. The van der Waals surface area contributed by atoms with E-state index in [-0.39, 0.29) is 83.9 Å². The summed E-state index contributed by atoms with van der Waals surface area (Å²) >= 11 is 0. The number of amides is 6. The second-order valence-electron chi connectivity index (χ2n) is 21.8. The monoisotopic (exact) mass is 1120 g/mol. The summed E-state index contributed by atoms with van der Waals surface area (Å²) in [5.74, 6) is -7.56. The number of ether oxygens (including phenoxy) is 5. The minimum atomic E-state index is -2.13. The number of nitrogens with zero attached hydrogens (tertiary/aromatic N) is 2. The SMILES string of the molecule is CO[C@H]1OCCN2[C@@H]1O[C@@H]1[C@H](C)O[C@@H](O[C@H]3C[C@](O)(C(C)=O)Cc4c(O)c5c(c(O)c43)C(=O)c3c(NC(=O)CNC(=O)[C@H](CC(C)C)NC(=O)[C@H](Cc4ccccc4)NC(=O)CCCCCN4C(=O)C=CC4=O)cccc3C5=O)C[C@@H]12. The van der Waals surface area contributed by atoms with Gasteiger partial charge in [0.05, 0.1) is 47.7 Å². The molecule has 3 saturated heterocycles. The normalized spacial score (nSPS) is 25.5. The van der Waals surface area contributed by atoms with E-state index in [2.05, 4.69) is 26.2 Å². The van der Waals surface area contributed by atoms with E-state index >= 15 is 0 Å². The lowest BCUT2D eigenvalue weighted by Crippen LogP contribution is -2.55. The van der Waals surface area contributed by atoms with Gasteiger partial charge in [-0.25, -0.2) is 0 Å². The molecule has 0 saturated carbocycles. The second-order valence-corrected chi connectivity index (χ2v) is 21.8. The van der Waals surface area contributed by atoms with Crippen LogP contribution in [0.5, 0.6) is 11.5 Å². The van der Waals surface area contributed by atoms with E-state index in [1.165, 1.54) is 44.4 Å². The lowest BCUT2D eigenvalue weighted by atomic mass is 9.72. The van der Waals surface area contributed by atoms with Crippen LogP contribution >= 0.6 is 0 Å². The molecule has 23 nitrogen and oxygen atoms in total. The molecule has 9 rings (SSSR count). The van der Waals surface area contributed by atoms with Crippen molar-refractivity contribution in [3.05, 3.63) is 99.6 Å². The maximum atomic E-state index is 14.8. The zero-order valence-corrected chi connectivity index (χ0v) is 45.7. The molecule has 3 fully saturated rings. The fourth-order valence-corrected chi connectivity index (χ4v) is 11.7. The average molecular weight is 1120 g/mol. The third kappa shape index (κ3) is 12.2. The summed E-state index contributed by atoms with van der Waals surface area (Å²) < 4.78 is 30.4. The number of carbonyl (C=O) groups excluding carboxylic acids is 9. The number of imide groups is 1. The minimum Gasteiger partial charge on any atom is -0.507 e. The molecule has 2 aliphatic carbocycles. The zero-order valence-electron chi connectivity index (χ0n) is 45.7. The van der Waals surface area contributed by atoms with Crippen molar-refractivity contribution in [2.75, 3.05) is 38.7 Å².